The SMILES string of the molecule is Cc1cc(C)c2cc(CNC(=O)NC3CCCCC3)c(=O)[nH]c2c1. The summed E-state index contributed by atoms with van der Waals surface area (Å²) >= 11 is 0. The molecule has 1 heterocycles. The number of H-pyrrole nitrogens is 1. The maximum absolute atomic E-state index is 12.2. The predicted molar refractivity (Wildman–Crippen MR) is 96.3 cm³/mol. The molecule has 5 nitrogen and oxygen atoms in total. The molecule has 3 rings (SSSR count). The number of rotatable bonds is 3. The molecule has 1 aliphatic rings. The fourth-order valence-corrected chi connectivity index (χ4v) is 3.51. The maximum atomic E-state index is 12.2. The minimum Gasteiger partial charge on any atom is -0.335 e. The molecule has 0 bridgehead atoms. The fraction of sp³-hybridized carbons (Fsp3) is 0.474. The quantitative estimate of drug-likeness (QED) is 0.809. The van der Waals surface area contributed by atoms with E-state index < -0.39 is 0 Å². The van der Waals surface area contributed by atoms with E-state index in [0.29, 0.717) is 5.56 Å². The molecule has 128 valence electrons. The van der Waals surface area contributed by atoms with Crippen LogP contribution in [0.3, 0.4) is 0 Å². The summed E-state index contributed by atoms with van der Waals surface area (Å²) in [6, 6.07) is 6.01. The molecule has 0 saturated heterocycles. The highest BCUT2D eigenvalue weighted by molar-refractivity contribution is 5.83. The Kier molecular flexibility index (Phi) is 4.88. The first-order chi connectivity index (χ1) is 11.5. The number of amides is 2. The number of hydrogen-bond donors (Lipinski definition) is 3. The maximum Gasteiger partial charge on any atom is 0.315 e. The van der Waals surface area contributed by atoms with Crippen LogP contribution in [0.1, 0.15) is 48.8 Å². The van der Waals surface area contributed by atoms with Gasteiger partial charge in [0.15, 0.2) is 0 Å². The average molecular weight is 327 g/mol. The van der Waals surface area contributed by atoms with Crippen molar-refractivity contribution in [2.45, 2.75) is 58.5 Å². The highest BCUT2D eigenvalue weighted by Crippen LogP contribution is 2.19. The number of urea groups is 1. The monoisotopic (exact) mass is 327 g/mol. The smallest absolute Gasteiger partial charge is 0.315 e. The Morgan fingerprint density at radius 2 is 1.92 bits per heavy atom. The molecule has 2 amide bonds. The zero-order valence-corrected chi connectivity index (χ0v) is 14.4. The van der Waals surface area contributed by atoms with E-state index in [4.69, 9.17) is 0 Å². The summed E-state index contributed by atoms with van der Waals surface area (Å²) in [6.07, 6.45) is 5.69. The van der Waals surface area contributed by atoms with E-state index in [1.807, 2.05) is 26.0 Å². The van der Waals surface area contributed by atoms with Gasteiger partial charge in [0, 0.05) is 29.1 Å². The Hall–Kier alpha value is -2.30. The van der Waals surface area contributed by atoms with Crippen molar-refractivity contribution in [2.75, 3.05) is 0 Å². The van der Waals surface area contributed by atoms with Gasteiger partial charge in [-0.15, -0.1) is 0 Å². The summed E-state index contributed by atoms with van der Waals surface area (Å²) in [7, 11) is 0. The lowest BCUT2D eigenvalue weighted by molar-refractivity contribution is 0.232. The Morgan fingerprint density at radius 3 is 2.67 bits per heavy atom. The summed E-state index contributed by atoms with van der Waals surface area (Å²) in [5.74, 6) is 0. The van der Waals surface area contributed by atoms with Crippen LogP contribution in [0.15, 0.2) is 23.0 Å². The van der Waals surface area contributed by atoms with Crippen LogP contribution in [0, 0.1) is 13.8 Å². The molecule has 3 N–H and O–H groups in total. The number of aromatic amines is 1. The molecule has 1 saturated carbocycles. The Labute approximate surface area is 141 Å². The van der Waals surface area contributed by atoms with Gasteiger partial charge in [0.05, 0.1) is 0 Å². The highest BCUT2D eigenvalue weighted by Gasteiger charge is 2.15. The van der Waals surface area contributed by atoms with E-state index in [1.165, 1.54) is 19.3 Å². The molecule has 1 aliphatic carbocycles. The molecule has 0 aliphatic heterocycles. The number of benzene rings is 1. The molecule has 24 heavy (non-hydrogen) atoms. The number of carbonyl (C=O) groups excluding carboxylic acids is 1. The summed E-state index contributed by atoms with van der Waals surface area (Å²) in [6.45, 7) is 4.27. The van der Waals surface area contributed by atoms with Gasteiger partial charge in [-0.2, -0.15) is 0 Å². The molecular weight excluding hydrogens is 302 g/mol. The molecule has 0 radical (unpaired) electrons. The van der Waals surface area contributed by atoms with E-state index in [0.717, 1.165) is 34.9 Å². The third-order valence-corrected chi connectivity index (χ3v) is 4.77. The van der Waals surface area contributed by atoms with Crippen molar-refractivity contribution in [3.8, 4) is 0 Å². The first kappa shape index (κ1) is 16.6. The molecule has 1 aromatic heterocycles. The van der Waals surface area contributed by atoms with Crippen LogP contribution in [0.4, 0.5) is 4.79 Å². The third-order valence-electron chi connectivity index (χ3n) is 4.77. The molecule has 0 unspecified atom stereocenters. The van der Waals surface area contributed by atoms with Crippen molar-refractivity contribution in [1.29, 1.82) is 0 Å². The number of aromatic nitrogens is 1. The van der Waals surface area contributed by atoms with Crippen LogP contribution in [-0.4, -0.2) is 17.1 Å². The normalized spacial score (nSPS) is 15.4. The van der Waals surface area contributed by atoms with Gasteiger partial charge in [0.2, 0.25) is 0 Å². The Bertz CT molecular complexity index is 804. The fourth-order valence-electron chi connectivity index (χ4n) is 3.51. The second-order valence-electron chi connectivity index (χ2n) is 6.83. The zero-order chi connectivity index (χ0) is 17.1. The van der Waals surface area contributed by atoms with E-state index in [-0.39, 0.29) is 24.2 Å². The van der Waals surface area contributed by atoms with Gasteiger partial charge < -0.3 is 15.6 Å². The number of fused-ring (bicyclic) bond motifs is 1. The predicted octanol–water partition coefficient (Wildman–Crippen LogP) is 3.28. The first-order valence-corrected chi connectivity index (χ1v) is 8.70. The standard InChI is InChI=1S/C19H25N3O2/c1-12-8-13(2)16-10-14(18(23)22-17(16)9-12)11-20-19(24)21-15-6-4-3-5-7-15/h8-10,15H,3-7,11H2,1-2H3,(H,22,23)(H2,20,21,24). The van der Waals surface area contributed by atoms with Crippen molar-refractivity contribution in [1.82, 2.24) is 15.6 Å². The summed E-state index contributed by atoms with van der Waals surface area (Å²) in [5, 5.41) is 6.83. The highest BCUT2D eigenvalue weighted by atomic mass is 16.2. The number of nitrogens with one attached hydrogen (secondary N) is 3. The van der Waals surface area contributed by atoms with Gasteiger partial charge in [-0.05, 0) is 49.9 Å². The number of pyridine rings is 1. The van der Waals surface area contributed by atoms with Gasteiger partial charge in [-0.1, -0.05) is 25.3 Å². The lowest BCUT2D eigenvalue weighted by Crippen LogP contribution is -2.43. The molecule has 1 fully saturated rings. The van der Waals surface area contributed by atoms with Crippen molar-refractivity contribution in [3.63, 3.8) is 0 Å². The van der Waals surface area contributed by atoms with Gasteiger partial charge in [0.25, 0.3) is 5.56 Å². The summed E-state index contributed by atoms with van der Waals surface area (Å²) in [5.41, 5.74) is 3.51. The van der Waals surface area contributed by atoms with Crippen molar-refractivity contribution in [3.05, 3.63) is 45.2 Å². The van der Waals surface area contributed by atoms with E-state index in [9.17, 15) is 9.59 Å². The van der Waals surface area contributed by atoms with Gasteiger partial charge in [-0.25, -0.2) is 4.79 Å². The molecule has 5 heteroatoms. The van der Waals surface area contributed by atoms with E-state index in [2.05, 4.69) is 21.7 Å². The third kappa shape index (κ3) is 3.78. The molecule has 1 aromatic carbocycles. The van der Waals surface area contributed by atoms with E-state index >= 15 is 0 Å². The van der Waals surface area contributed by atoms with Crippen molar-refractivity contribution < 1.29 is 4.79 Å². The van der Waals surface area contributed by atoms with Crippen molar-refractivity contribution in [2.24, 2.45) is 0 Å². The lowest BCUT2D eigenvalue weighted by Gasteiger charge is -2.22. The second-order valence-corrected chi connectivity index (χ2v) is 6.83. The minimum absolute atomic E-state index is 0.148. The number of aryl methyl sites for hydroxylation is 2. The average Bonchev–Trinajstić information content (AvgIpc) is 2.54. The van der Waals surface area contributed by atoms with Gasteiger partial charge in [0.1, 0.15) is 0 Å². The van der Waals surface area contributed by atoms with Crippen LogP contribution in [0.5, 0.6) is 0 Å². The van der Waals surface area contributed by atoms with Crippen LogP contribution in [0.25, 0.3) is 10.9 Å². The molecule has 0 spiro atoms. The summed E-state index contributed by atoms with van der Waals surface area (Å²) in [4.78, 5) is 27.2. The number of hydrogen-bond acceptors (Lipinski definition) is 2. The zero-order valence-electron chi connectivity index (χ0n) is 14.4. The summed E-state index contributed by atoms with van der Waals surface area (Å²) < 4.78 is 0. The van der Waals surface area contributed by atoms with Crippen LogP contribution in [0.2, 0.25) is 0 Å². The topological polar surface area (TPSA) is 74.0 Å². The van der Waals surface area contributed by atoms with Gasteiger partial charge >= 0.3 is 6.03 Å². The van der Waals surface area contributed by atoms with Gasteiger partial charge in [-0.3, -0.25) is 4.79 Å². The Balaban J connectivity index is 1.69. The largest absolute Gasteiger partial charge is 0.335 e. The molecule has 0 atom stereocenters. The Morgan fingerprint density at radius 1 is 1.17 bits per heavy atom. The molecular formula is C19H25N3O2. The van der Waals surface area contributed by atoms with Crippen LogP contribution < -0.4 is 16.2 Å². The van der Waals surface area contributed by atoms with Crippen LogP contribution in [-0.2, 0) is 6.54 Å². The number of carbonyl (C=O) groups is 1. The second kappa shape index (κ2) is 7.07. The minimum atomic E-state index is -0.193. The van der Waals surface area contributed by atoms with Crippen molar-refractivity contribution >= 4 is 16.9 Å². The molecule has 2 aromatic rings. The van der Waals surface area contributed by atoms with Crippen LogP contribution >= 0.6 is 0 Å². The lowest BCUT2D eigenvalue weighted by atomic mass is 9.96. The first-order valence-electron chi connectivity index (χ1n) is 8.70. The van der Waals surface area contributed by atoms with E-state index in [1.54, 1.807) is 0 Å².